The molecule has 5 nitrogen and oxygen atoms in total. The second-order valence-electron chi connectivity index (χ2n) is 14.2. The molecule has 0 unspecified atom stereocenters. The maximum Gasteiger partial charge on any atom is 0.205 e. The molecule has 8 rings (SSSR count). The Kier molecular flexibility index (Phi) is 13.0. The second-order valence-corrected chi connectivity index (χ2v) is 14.2. The zero-order valence-corrected chi connectivity index (χ0v) is 34.1. The van der Waals surface area contributed by atoms with Crippen LogP contribution in [0.25, 0.3) is 0 Å². The number of ether oxygens (including phenoxy) is 3. The number of ketones is 2. The highest BCUT2D eigenvalue weighted by Crippen LogP contribution is 2.37. The molecular formula is C54H26F8O5. The van der Waals surface area contributed by atoms with Gasteiger partial charge in [0.25, 0.3) is 0 Å². The summed E-state index contributed by atoms with van der Waals surface area (Å²) in [6.45, 7) is 0. The van der Waals surface area contributed by atoms with Gasteiger partial charge in [0, 0.05) is 33.4 Å². The van der Waals surface area contributed by atoms with Gasteiger partial charge in [-0.2, -0.15) is 17.6 Å². The van der Waals surface area contributed by atoms with Gasteiger partial charge >= 0.3 is 0 Å². The van der Waals surface area contributed by atoms with Crippen LogP contribution in [0.4, 0.5) is 35.1 Å². The number of halogens is 8. The lowest BCUT2D eigenvalue weighted by molar-refractivity contribution is 0.102. The van der Waals surface area contributed by atoms with Crippen molar-refractivity contribution in [3.8, 4) is 58.2 Å². The molecule has 0 aliphatic carbocycles. The Bertz CT molecular complexity index is 3020. The van der Waals surface area contributed by atoms with Crippen LogP contribution in [0.2, 0.25) is 0 Å². The van der Waals surface area contributed by atoms with Crippen molar-refractivity contribution in [1.29, 1.82) is 0 Å². The van der Waals surface area contributed by atoms with E-state index in [9.17, 15) is 9.59 Å². The van der Waals surface area contributed by atoms with Crippen molar-refractivity contribution in [3.63, 3.8) is 0 Å². The SMILES string of the molecule is O=C(c1ccc(Oc2ccc(C(=O)c3c(F)c(F)c(Oc4ccc(C#Cc5ccccc5)cc4)c(F)c3F)cc2)cc1)c1c(F)c(F)c(Oc2ccc(C#Cc3ccccc3)cc2)c(F)c1F. The van der Waals surface area contributed by atoms with E-state index in [-0.39, 0.29) is 23.0 Å². The molecule has 0 heterocycles. The zero-order valence-electron chi connectivity index (χ0n) is 34.1. The van der Waals surface area contributed by atoms with E-state index in [0.29, 0.717) is 11.1 Å². The number of rotatable bonds is 10. The molecule has 67 heavy (non-hydrogen) atoms. The standard InChI is InChI=1S/C54H26F8O5/c55-43-41(44(56)48(60)53(47(43)59)66-39-23-15-33(16-24-39)13-11-31-7-3-1-4-8-31)51(63)35-19-27-37(28-20-35)65-38-29-21-36(22-30-38)52(64)42-45(57)49(61)54(50(62)46(42)58)67-40-25-17-34(18-26-40)14-12-32-9-5-2-6-10-32/h1-10,15-30H. The van der Waals surface area contributed by atoms with Gasteiger partial charge in [-0.1, -0.05) is 60.1 Å². The first kappa shape index (κ1) is 44.7. The molecular weight excluding hydrogens is 881 g/mol. The fourth-order valence-corrected chi connectivity index (χ4v) is 6.35. The van der Waals surface area contributed by atoms with E-state index in [2.05, 4.69) is 23.7 Å². The molecule has 0 atom stereocenters. The molecule has 0 bridgehead atoms. The highest BCUT2D eigenvalue weighted by Gasteiger charge is 2.33. The molecule has 0 aromatic heterocycles. The Morgan fingerprint density at radius 1 is 0.299 bits per heavy atom. The molecule has 0 N–H and O–H groups in total. The van der Waals surface area contributed by atoms with Crippen molar-refractivity contribution in [2.75, 3.05) is 0 Å². The minimum absolute atomic E-state index is 0.0151. The van der Waals surface area contributed by atoms with Crippen molar-refractivity contribution >= 4 is 11.6 Å². The Hall–Kier alpha value is -8.94. The smallest absolute Gasteiger partial charge is 0.205 e. The number of hydrogen-bond donors (Lipinski definition) is 0. The van der Waals surface area contributed by atoms with Crippen LogP contribution in [0.1, 0.15) is 54.1 Å². The maximum absolute atomic E-state index is 15.2. The van der Waals surface area contributed by atoms with Gasteiger partial charge in [0.15, 0.2) is 34.8 Å². The largest absolute Gasteiger partial charge is 0.457 e. The molecule has 0 fully saturated rings. The van der Waals surface area contributed by atoms with E-state index in [4.69, 9.17) is 14.2 Å². The van der Waals surface area contributed by atoms with Gasteiger partial charge in [-0.3, -0.25) is 9.59 Å². The third kappa shape index (κ3) is 9.77. The van der Waals surface area contributed by atoms with Crippen LogP contribution in [0.3, 0.4) is 0 Å². The van der Waals surface area contributed by atoms with Crippen LogP contribution >= 0.6 is 0 Å². The first-order valence-corrected chi connectivity index (χ1v) is 19.8. The number of hydrogen-bond acceptors (Lipinski definition) is 5. The van der Waals surface area contributed by atoms with Gasteiger partial charge < -0.3 is 14.2 Å². The molecule has 8 aromatic carbocycles. The van der Waals surface area contributed by atoms with Gasteiger partial charge in [0.2, 0.25) is 34.8 Å². The number of carbonyl (C=O) groups excluding carboxylic acids is 2. The highest BCUT2D eigenvalue weighted by molar-refractivity contribution is 6.10. The van der Waals surface area contributed by atoms with Gasteiger partial charge in [-0.05, 0) is 121 Å². The van der Waals surface area contributed by atoms with Crippen LogP contribution in [0.5, 0.6) is 34.5 Å². The minimum Gasteiger partial charge on any atom is -0.457 e. The average Bonchev–Trinajstić information content (AvgIpc) is 3.36. The lowest BCUT2D eigenvalue weighted by Gasteiger charge is -2.13. The number of benzene rings is 8. The van der Waals surface area contributed by atoms with Crippen LogP contribution in [0, 0.1) is 70.2 Å². The van der Waals surface area contributed by atoms with E-state index < -0.39 is 91.9 Å². The van der Waals surface area contributed by atoms with E-state index >= 15 is 35.1 Å². The summed E-state index contributed by atoms with van der Waals surface area (Å²) in [5, 5.41) is 0. The van der Waals surface area contributed by atoms with E-state index in [1.807, 2.05) is 36.4 Å². The van der Waals surface area contributed by atoms with Crippen LogP contribution in [-0.2, 0) is 0 Å². The average molecular weight is 907 g/mol. The maximum atomic E-state index is 15.2. The summed E-state index contributed by atoms with van der Waals surface area (Å²) in [6.07, 6.45) is 0. The summed E-state index contributed by atoms with van der Waals surface area (Å²) in [4.78, 5) is 26.3. The fraction of sp³-hybridized carbons (Fsp3) is 0. The first-order valence-electron chi connectivity index (χ1n) is 19.8. The Morgan fingerprint density at radius 2 is 0.552 bits per heavy atom. The Labute approximate surface area is 376 Å². The first-order chi connectivity index (χ1) is 32.4. The summed E-state index contributed by atoms with van der Waals surface area (Å²) < 4.78 is 138. The van der Waals surface area contributed by atoms with Gasteiger partial charge in [-0.15, -0.1) is 0 Å². The molecule has 328 valence electrons. The third-order valence-corrected chi connectivity index (χ3v) is 9.77. The summed E-state index contributed by atoms with van der Waals surface area (Å²) >= 11 is 0. The van der Waals surface area contributed by atoms with Crippen molar-refractivity contribution < 1.29 is 58.9 Å². The molecule has 8 aromatic rings. The molecule has 0 spiro atoms. The molecule has 13 heteroatoms. The molecule has 0 aliphatic heterocycles. The van der Waals surface area contributed by atoms with Crippen LogP contribution in [0.15, 0.2) is 158 Å². The normalized spacial score (nSPS) is 10.6. The van der Waals surface area contributed by atoms with E-state index in [1.165, 1.54) is 72.8 Å². The fourth-order valence-electron chi connectivity index (χ4n) is 6.35. The Morgan fingerprint density at radius 3 is 0.851 bits per heavy atom. The van der Waals surface area contributed by atoms with E-state index in [1.54, 1.807) is 24.3 Å². The zero-order chi connectivity index (χ0) is 47.2. The van der Waals surface area contributed by atoms with Crippen molar-refractivity contribution in [1.82, 2.24) is 0 Å². The van der Waals surface area contributed by atoms with Crippen LogP contribution in [-0.4, -0.2) is 11.6 Å². The van der Waals surface area contributed by atoms with Crippen molar-refractivity contribution in [2.24, 2.45) is 0 Å². The topological polar surface area (TPSA) is 61.8 Å². The van der Waals surface area contributed by atoms with Gasteiger partial charge in [0.1, 0.15) is 34.1 Å². The molecule has 0 saturated heterocycles. The highest BCUT2D eigenvalue weighted by atomic mass is 19.2. The minimum atomic E-state index is -2.00. The van der Waals surface area contributed by atoms with Gasteiger partial charge in [0.05, 0.1) is 0 Å². The molecule has 0 saturated carbocycles. The lowest BCUT2D eigenvalue weighted by Crippen LogP contribution is -2.13. The predicted molar refractivity (Wildman–Crippen MR) is 230 cm³/mol. The summed E-state index contributed by atoms with van der Waals surface area (Å²) in [7, 11) is 0. The van der Waals surface area contributed by atoms with Gasteiger partial charge in [-0.25, -0.2) is 17.6 Å². The Balaban J connectivity index is 0.916. The summed E-state index contributed by atoms with van der Waals surface area (Å²) in [6, 6.07) is 38.0. The van der Waals surface area contributed by atoms with E-state index in [0.717, 1.165) is 35.4 Å². The predicted octanol–water partition coefficient (Wildman–Crippen LogP) is 13.4. The molecule has 0 radical (unpaired) electrons. The van der Waals surface area contributed by atoms with Crippen molar-refractivity contribution in [2.45, 2.75) is 0 Å². The second kappa shape index (κ2) is 19.4. The summed E-state index contributed by atoms with van der Waals surface area (Å²) in [5.74, 6) is -10.1. The monoisotopic (exact) mass is 906 g/mol. The summed E-state index contributed by atoms with van der Waals surface area (Å²) in [5.41, 5.74) is -1.31. The van der Waals surface area contributed by atoms with Crippen molar-refractivity contribution in [3.05, 3.63) is 249 Å². The number of carbonyl (C=O) groups is 2. The molecule has 0 aliphatic rings. The van der Waals surface area contributed by atoms with Crippen LogP contribution < -0.4 is 14.2 Å². The third-order valence-electron chi connectivity index (χ3n) is 9.77. The molecule has 0 amide bonds. The quantitative estimate of drug-likeness (QED) is 0.0592. The lowest BCUT2D eigenvalue weighted by atomic mass is 10.0.